The summed E-state index contributed by atoms with van der Waals surface area (Å²) in [4.78, 5) is 0. The van der Waals surface area contributed by atoms with Crippen LogP contribution in [0.1, 0.15) is 158 Å². The molecule has 0 heterocycles. The summed E-state index contributed by atoms with van der Waals surface area (Å²) in [6, 6.07) is 10.2. The van der Waals surface area contributed by atoms with Crippen LogP contribution in [0.4, 0.5) is 0 Å². The molecule has 0 aliphatic carbocycles. The van der Waals surface area contributed by atoms with Gasteiger partial charge in [-0.05, 0) is 48.4 Å². The van der Waals surface area contributed by atoms with E-state index in [9.17, 15) is 0 Å². The Hall–Kier alpha value is 0.748. The van der Waals surface area contributed by atoms with Crippen molar-refractivity contribution in [1.29, 1.82) is 0 Å². The third kappa shape index (κ3) is 17.5. The molecule has 7 heteroatoms. The molecule has 0 saturated carbocycles. The van der Waals surface area contributed by atoms with Gasteiger partial charge in [0, 0.05) is 0 Å². The monoisotopic (exact) mass is 618 g/mol. The summed E-state index contributed by atoms with van der Waals surface area (Å²) in [6.07, 6.45) is 20.5. The zero-order valence-electron chi connectivity index (χ0n) is 28.4. The van der Waals surface area contributed by atoms with Crippen LogP contribution >= 0.6 is 0 Å². The molecule has 0 aromatic rings. The maximum Gasteiger partial charge on any atom is 0.319 e. The maximum atomic E-state index is 8.00. The van der Waals surface area contributed by atoms with Gasteiger partial charge >= 0.3 is 17.1 Å². The Balaban J connectivity index is 6.70. The van der Waals surface area contributed by atoms with Gasteiger partial charge in [0.1, 0.15) is 9.76 Å². The predicted molar refractivity (Wildman–Crippen MR) is 187 cm³/mol. The summed E-state index contributed by atoms with van der Waals surface area (Å²) in [5.41, 5.74) is 0. The molecule has 0 unspecified atom stereocenters. The fourth-order valence-electron chi connectivity index (χ4n) is 5.90. The average Bonchev–Trinajstić information content (AvgIpc) is 2.95. The summed E-state index contributed by atoms with van der Waals surface area (Å²) in [5.74, 6) is 0. The first-order valence-electron chi connectivity index (χ1n) is 17.9. The maximum absolute atomic E-state index is 8.00. The zero-order valence-corrected chi connectivity index (χ0v) is 32.8. The summed E-state index contributed by atoms with van der Waals surface area (Å²) >= 11 is 0. The second-order valence-corrected chi connectivity index (χ2v) is 25.9. The van der Waals surface area contributed by atoms with Crippen LogP contribution in [0, 0.1) is 0 Å². The SMILES string of the molecule is CCCC[SiH2]O[Si](CCCC)(CCCC)O[Si](CCCC)(CCCC)O[Si](CCCC)(CCCC)CCCC. The highest BCUT2D eigenvalue weighted by Crippen LogP contribution is 2.40. The van der Waals surface area contributed by atoms with E-state index in [0.29, 0.717) is 0 Å². The fraction of sp³-hybridized carbons (Fsp3) is 1.00. The van der Waals surface area contributed by atoms with Crippen LogP contribution in [-0.4, -0.2) is 35.2 Å². The lowest BCUT2D eigenvalue weighted by atomic mass is 10.4. The van der Waals surface area contributed by atoms with E-state index in [2.05, 4.69) is 55.4 Å². The molecule has 0 N–H and O–H groups in total. The largest absolute Gasteiger partial charge is 0.442 e. The number of hydrogen-bond acceptors (Lipinski definition) is 3. The molecule has 0 rings (SSSR count). The van der Waals surface area contributed by atoms with Crippen LogP contribution < -0.4 is 0 Å². The topological polar surface area (TPSA) is 27.7 Å². The third-order valence-corrected chi connectivity index (χ3v) is 26.7. The van der Waals surface area contributed by atoms with Gasteiger partial charge in [0.2, 0.25) is 0 Å². The molecule has 3 nitrogen and oxygen atoms in total. The first-order chi connectivity index (χ1) is 18.9. The highest BCUT2D eigenvalue weighted by Gasteiger charge is 2.51. The van der Waals surface area contributed by atoms with Gasteiger partial charge in [-0.1, -0.05) is 158 Å². The van der Waals surface area contributed by atoms with E-state index < -0.39 is 35.2 Å². The van der Waals surface area contributed by atoms with Crippen molar-refractivity contribution in [3.8, 4) is 0 Å². The first-order valence-corrected chi connectivity index (χ1v) is 26.5. The molecule has 0 fully saturated rings. The molecule has 39 heavy (non-hydrogen) atoms. The smallest absolute Gasteiger partial charge is 0.319 e. The molecule has 0 spiro atoms. The second kappa shape index (κ2) is 25.3. The minimum atomic E-state index is -2.41. The lowest BCUT2D eigenvalue weighted by Crippen LogP contribution is -2.60. The second-order valence-electron chi connectivity index (χ2n) is 12.5. The molecule has 0 saturated heterocycles. The lowest BCUT2D eigenvalue weighted by molar-refractivity contribution is 0.297. The molecule has 0 aromatic heterocycles. The van der Waals surface area contributed by atoms with E-state index in [1.165, 1.54) is 151 Å². The average molecular weight is 619 g/mol. The molecule has 0 aromatic carbocycles. The van der Waals surface area contributed by atoms with Crippen molar-refractivity contribution in [3.05, 3.63) is 0 Å². The Bertz CT molecular complexity index is 498. The van der Waals surface area contributed by atoms with E-state index in [1.54, 1.807) is 0 Å². The van der Waals surface area contributed by atoms with E-state index in [-0.39, 0.29) is 0 Å². The van der Waals surface area contributed by atoms with Gasteiger partial charge in [-0.15, -0.1) is 0 Å². The van der Waals surface area contributed by atoms with Crippen LogP contribution in [-0.2, 0) is 12.3 Å². The van der Waals surface area contributed by atoms with E-state index in [1.807, 2.05) is 0 Å². The molecule has 0 aliphatic heterocycles. The van der Waals surface area contributed by atoms with Gasteiger partial charge in [0.25, 0.3) is 0 Å². The summed E-state index contributed by atoms with van der Waals surface area (Å²) in [7, 11) is -7.12. The minimum Gasteiger partial charge on any atom is -0.442 e. The molecule has 0 aliphatic rings. The van der Waals surface area contributed by atoms with E-state index >= 15 is 0 Å². The molecule has 0 atom stereocenters. The Morgan fingerprint density at radius 1 is 0.385 bits per heavy atom. The quantitative estimate of drug-likeness (QED) is 0.0592. The molecule has 236 valence electrons. The van der Waals surface area contributed by atoms with Gasteiger partial charge < -0.3 is 12.3 Å². The van der Waals surface area contributed by atoms with Gasteiger partial charge in [0.15, 0.2) is 8.32 Å². The Kier molecular flexibility index (Phi) is 25.7. The highest BCUT2D eigenvalue weighted by atomic mass is 28.5. The Labute approximate surface area is 253 Å². The predicted octanol–water partition coefficient (Wildman–Crippen LogP) is 11.8. The number of hydrogen-bond donors (Lipinski definition) is 0. The Morgan fingerprint density at radius 2 is 0.718 bits per heavy atom. The van der Waals surface area contributed by atoms with E-state index in [0.717, 1.165) is 0 Å². The van der Waals surface area contributed by atoms with Crippen molar-refractivity contribution < 1.29 is 12.3 Å². The summed E-state index contributed by atoms with van der Waals surface area (Å²) < 4.78 is 23.2. The van der Waals surface area contributed by atoms with Crippen LogP contribution in [0.2, 0.25) is 48.4 Å². The standard InChI is InChI=1S/C32H74O3Si4/c1-9-17-25-36-33-38(29-21-13-5,30-22-14-6)35-39(31-23-15-7,32-24-16-8)34-37(26-18-10-2,27-19-11-3)28-20-12-4/h9-32,36H2,1-8H3. The van der Waals surface area contributed by atoms with E-state index in [4.69, 9.17) is 12.3 Å². The van der Waals surface area contributed by atoms with Gasteiger partial charge in [-0.2, -0.15) is 0 Å². The lowest BCUT2D eigenvalue weighted by Gasteiger charge is -2.47. The number of unbranched alkanes of at least 4 members (excludes halogenated alkanes) is 8. The van der Waals surface area contributed by atoms with Crippen molar-refractivity contribution in [3.63, 3.8) is 0 Å². The van der Waals surface area contributed by atoms with Crippen molar-refractivity contribution in [2.24, 2.45) is 0 Å². The van der Waals surface area contributed by atoms with Crippen molar-refractivity contribution >= 4 is 35.2 Å². The highest BCUT2D eigenvalue weighted by molar-refractivity contribution is 6.89. The van der Waals surface area contributed by atoms with Gasteiger partial charge in [-0.3, -0.25) is 0 Å². The molecular formula is C32H74O3Si4. The zero-order chi connectivity index (χ0) is 29.3. The van der Waals surface area contributed by atoms with Crippen LogP contribution in [0.3, 0.4) is 0 Å². The summed E-state index contributed by atoms with van der Waals surface area (Å²) in [6.45, 7) is 18.9. The normalized spacial score (nSPS) is 13.2. The molecule has 0 radical (unpaired) electrons. The molecule has 0 amide bonds. The van der Waals surface area contributed by atoms with Crippen LogP contribution in [0.15, 0.2) is 0 Å². The van der Waals surface area contributed by atoms with Crippen molar-refractivity contribution in [1.82, 2.24) is 0 Å². The van der Waals surface area contributed by atoms with Gasteiger partial charge in [-0.25, -0.2) is 0 Å². The van der Waals surface area contributed by atoms with Crippen molar-refractivity contribution in [2.75, 3.05) is 0 Å². The van der Waals surface area contributed by atoms with Crippen LogP contribution in [0.25, 0.3) is 0 Å². The van der Waals surface area contributed by atoms with Crippen molar-refractivity contribution in [2.45, 2.75) is 206 Å². The third-order valence-electron chi connectivity index (χ3n) is 8.49. The fourth-order valence-corrected chi connectivity index (χ4v) is 28.5. The van der Waals surface area contributed by atoms with Gasteiger partial charge in [0.05, 0.1) is 0 Å². The Morgan fingerprint density at radius 3 is 1.08 bits per heavy atom. The molecular weight excluding hydrogens is 545 g/mol. The minimum absolute atomic E-state index is 0.534. The van der Waals surface area contributed by atoms with Crippen LogP contribution in [0.5, 0.6) is 0 Å². The summed E-state index contributed by atoms with van der Waals surface area (Å²) in [5, 5.41) is 0. The molecule has 0 bridgehead atoms. The number of rotatable bonds is 30. The first kappa shape index (κ1) is 39.7.